The van der Waals surface area contributed by atoms with Gasteiger partial charge in [-0.05, 0) is 35.4 Å². The summed E-state index contributed by atoms with van der Waals surface area (Å²) in [6.45, 7) is 0. The maximum atomic E-state index is 10.1. The molecule has 0 aliphatic heterocycles. The topological polar surface area (TPSA) is 40.5 Å². The van der Waals surface area contributed by atoms with Crippen LogP contribution in [0, 0.1) is 0 Å². The largest absolute Gasteiger partial charge is 0.508 e. The molecule has 0 spiro atoms. The van der Waals surface area contributed by atoms with E-state index < -0.39 is 6.10 Å². The Balaban J connectivity index is 2.08. The monoisotopic (exact) mass is 292 g/mol. The number of phenolic OH excluding ortho intramolecular Hbond substituents is 1. The van der Waals surface area contributed by atoms with E-state index in [1.807, 2.05) is 36.4 Å². The number of phenols is 1. The van der Waals surface area contributed by atoms with Gasteiger partial charge in [-0.1, -0.05) is 40.2 Å². The third kappa shape index (κ3) is 3.32. The molecule has 0 radical (unpaired) electrons. The molecule has 0 amide bonds. The Morgan fingerprint density at radius 3 is 2.12 bits per heavy atom. The fourth-order valence-electron chi connectivity index (χ4n) is 1.66. The van der Waals surface area contributed by atoms with Gasteiger partial charge in [0, 0.05) is 10.9 Å². The van der Waals surface area contributed by atoms with Crippen LogP contribution >= 0.6 is 15.9 Å². The maximum absolute atomic E-state index is 10.1. The number of hydrogen-bond donors (Lipinski definition) is 2. The zero-order chi connectivity index (χ0) is 12.3. The third-order valence-corrected chi connectivity index (χ3v) is 3.15. The van der Waals surface area contributed by atoms with Crippen molar-refractivity contribution in [3.05, 3.63) is 64.1 Å². The Morgan fingerprint density at radius 1 is 0.941 bits per heavy atom. The zero-order valence-electron chi connectivity index (χ0n) is 9.18. The molecule has 1 atom stereocenters. The predicted octanol–water partition coefficient (Wildman–Crippen LogP) is 3.43. The number of aromatic hydroxyl groups is 1. The molecule has 2 aromatic rings. The standard InChI is InChI=1S/C14H13BrO2/c15-12-5-3-11(4-6-12)14(17)9-10-1-7-13(16)8-2-10/h1-8,14,16-17H,9H2. The lowest BCUT2D eigenvalue weighted by molar-refractivity contribution is 0.178. The fraction of sp³-hybridized carbons (Fsp3) is 0.143. The van der Waals surface area contributed by atoms with Crippen LogP contribution < -0.4 is 0 Å². The average molecular weight is 293 g/mol. The molecule has 17 heavy (non-hydrogen) atoms. The Morgan fingerprint density at radius 2 is 1.53 bits per heavy atom. The van der Waals surface area contributed by atoms with Gasteiger partial charge in [0.1, 0.15) is 5.75 Å². The molecule has 0 aromatic heterocycles. The van der Waals surface area contributed by atoms with Crippen molar-refractivity contribution in [2.45, 2.75) is 12.5 Å². The van der Waals surface area contributed by atoms with Crippen LogP contribution in [-0.2, 0) is 6.42 Å². The molecule has 3 heteroatoms. The number of hydrogen-bond acceptors (Lipinski definition) is 2. The molecular weight excluding hydrogens is 280 g/mol. The first-order valence-electron chi connectivity index (χ1n) is 5.36. The maximum Gasteiger partial charge on any atom is 0.115 e. The highest BCUT2D eigenvalue weighted by Crippen LogP contribution is 2.21. The Kier molecular flexibility index (Phi) is 3.82. The molecule has 0 fully saturated rings. The molecule has 2 rings (SSSR count). The minimum atomic E-state index is -0.521. The van der Waals surface area contributed by atoms with Gasteiger partial charge in [-0.2, -0.15) is 0 Å². The van der Waals surface area contributed by atoms with Gasteiger partial charge in [0.15, 0.2) is 0 Å². The summed E-state index contributed by atoms with van der Waals surface area (Å²) >= 11 is 3.36. The minimum Gasteiger partial charge on any atom is -0.508 e. The van der Waals surface area contributed by atoms with Gasteiger partial charge in [-0.25, -0.2) is 0 Å². The van der Waals surface area contributed by atoms with E-state index in [9.17, 15) is 10.2 Å². The van der Waals surface area contributed by atoms with Crippen molar-refractivity contribution >= 4 is 15.9 Å². The first kappa shape index (κ1) is 12.1. The predicted molar refractivity (Wildman–Crippen MR) is 70.9 cm³/mol. The summed E-state index contributed by atoms with van der Waals surface area (Å²) in [5.74, 6) is 0.242. The van der Waals surface area contributed by atoms with Crippen LogP contribution in [0.1, 0.15) is 17.2 Å². The van der Waals surface area contributed by atoms with Gasteiger partial charge in [-0.3, -0.25) is 0 Å². The van der Waals surface area contributed by atoms with Crippen LogP contribution in [-0.4, -0.2) is 10.2 Å². The first-order chi connectivity index (χ1) is 8.15. The Hall–Kier alpha value is -1.32. The smallest absolute Gasteiger partial charge is 0.115 e. The quantitative estimate of drug-likeness (QED) is 0.910. The van der Waals surface area contributed by atoms with Crippen LogP contribution in [0.4, 0.5) is 0 Å². The zero-order valence-corrected chi connectivity index (χ0v) is 10.8. The summed E-state index contributed by atoms with van der Waals surface area (Å²) in [7, 11) is 0. The van der Waals surface area contributed by atoms with Crippen molar-refractivity contribution in [2.24, 2.45) is 0 Å². The Bertz CT molecular complexity index is 477. The number of rotatable bonds is 3. The normalized spacial score (nSPS) is 12.4. The van der Waals surface area contributed by atoms with Crippen LogP contribution in [0.5, 0.6) is 5.75 Å². The van der Waals surface area contributed by atoms with Gasteiger partial charge in [0.05, 0.1) is 6.10 Å². The molecule has 0 saturated carbocycles. The molecule has 1 unspecified atom stereocenters. The second-order valence-electron chi connectivity index (χ2n) is 3.94. The molecule has 2 N–H and O–H groups in total. The highest BCUT2D eigenvalue weighted by molar-refractivity contribution is 9.10. The molecule has 0 aliphatic carbocycles. The molecule has 88 valence electrons. The highest BCUT2D eigenvalue weighted by Gasteiger charge is 2.08. The molecule has 0 saturated heterocycles. The van der Waals surface area contributed by atoms with E-state index in [1.165, 1.54) is 0 Å². The van der Waals surface area contributed by atoms with E-state index in [1.54, 1.807) is 12.1 Å². The van der Waals surface area contributed by atoms with Gasteiger partial charge < -0.3 is 10.2 Å². The van der Waals surface area contributed by atoms with E-state index in [-0.39, 0.29) is 5.75 Å². The van der Waals surface area contributed by atoms with Crippen LogP contribution in [0.3, 0.4) is 0 Å². The number of aliphatic hydroxyl groups excluding tert-OH is 1. The van der Waals surface area contributed by atoms with Crippen molar-refractivity contribution in [2.75, 3.05) is 0 Å². The van der Waals surface area contributed by atoms with E-state index in [2.05, 4.69) is 15.9 Å². The summed E-state index contributed by atoms with van der Waals surface area (Å²) in [4.78, 5) is 0. The lowest BCUT2D eigenvalue weighted by Crippen LogP contribution is -2.01. The van der Waals surface area contributed by atoms with Crippen LogP contribution in [0.25, 0.3) is 0 Å². The van der Waals surface area contributed by atoms with E-state index in [0.717, 1.165) is 15.6 Å². The highest BCUT2D eigenvalue weighted by atomic mass is 79.9. The van der Waals surface area contributed by atoms with E-state index >= 15 is 0 Å². The molecule has 0 bridgehead atoms. The lowest BCUT2D eigenvalue weighted by Gasteiger charge is -2.11. The molecule has 2 aromatic carbocycles. The van der Waals surface area contributed by atoms with E-state index in [0.29, 0.717) is 6.42 Å². The van der Waals surface area contributed by atoms with Crippen molar-refractivity contribution in [3.8, 4) is 5.75 Å². The summed E-state index contributed by atoms with van der Waals surface area (Å²) in [5, 5.41) is 19.2. The van der Waals surface area contributed by atoms with Crippen LogP contribution in [0.15, 0.2) is 53.0 Å². The second-order valence-corrected chi connectivity index (χ2v) is 4.85. The molecular formula is C14H13BrO2. The summed E-state index contributed by atoms with van der Waals surface area (Å²) < 4.78 is 0.998. The molecule has 0 heterocycles. The van der Waals surface area contributed by atoms with Gasteiger partial charge in [0.2, 0.25) is 0 Å². The van der Waals surface area contributed by atoms with Crippen molar-refractivity contribution in [3.63, 3.8) is 0 Å². The summed E-state index contributed by atoms with van der Waals surface area (Å²) in [6, 6.07) is 14.5. The number of aliphatic hydroxyl groups is 1. The average Bonchev–Trinajstić information content (AvgIpc) is 2.33. The van der Waals surface area contributed by atoms with E-state index in [4.69, 9.17) is 0 Å². The first-order valence-corrected chi connectivity index (χ1v) is 6.16. The van der Waals surface area contributed by atoms with Crippen LogP contribution in [0.2, 0.25) is 0 Å². The lowest BCUT2D eigenvalue weighted by atomic mass is 10.0. The number of benzene rings is 2. The SMILES string of the molecule is Oc1ccc(CC(O)c2ccc(Br)cc2)cc1. The van der Waals surface area contributed by atoms with Crippen molar-refractivity contribution in [1.82, 2.24) is 0 Å². The second kappa shape index (κ2) is 5.34. The summed E-state index contributed by atoms with van der Waals surface area (Å²) in [5.41, 5.74) is 1.89. The number of halogens is 1. The molecule has 2 nitrogen and oxygen atoms in total. The van der Waals surface area contributed by atoms with Gasteiger partial charge >= 0.3 is 0 Å². The Labute approximate surface area is 109 Å². The summed E-state index contributed by atoms with van der Waals surface area (Å²) in [6.07, 6.45) is 0.0229. The van der Waals surface area contributed by atoms with Crippen molar-refractivity contribution < 1.29 is 10.2 Å². The minimum absolute atomic E-state index is 0.242. The van der Waals surface area contributed by atoms with Gasteiger partial charge in [-0.15, -0.1) is 0 Å². The third-order valence-electron chi connectivity index (χ3n) is 2.62. The fourth-order valence-corrected chi connectivity index (χ4v) is 1.92. The van der Waals surface area contributed by atoms with Gasteiger partial charge in [0.25, 0.3) is 0 Å². The molecule has 0 aliphatic rings. The van der Waals surface area contributed by atoms with Crippen molar-refractivity contribution in [1.29, 1.82) is 0 Å².